The lowest BCUT2D eigenvalue weighted by atomic mass is 10.00. The monoisotopic (exact) mass is 437 g/mol. The van der Waals surface area contributed by atoms with Crippen molar-refractivity contribution in [2.24, 2.45) is 0 Å². The Morgan fingerprint density at radius 2 is 1.56 bits per heavy atom. The van der Waals surface area contributed by atoms with Crippen LogP contribution in [-0.4, -0.2) is 20.2 Å². The third kappa shape index (κ3) is 4.22. The first-order chi connectivity index (χ1) is 15.5. The molecule has 2 aromatic heterocycles. The quantitative estimate of drug-likeness (QED) is 0.295. The van der Waals surface area contributed by atoms with Crippen LogP contribution in [0.5, 0.6) is 0 Å². The lowest BCUT2D eigenvalue weighted by Crippen LogP contribution is -2.00. The molecule has 0 unspecified atom stereocenters. The van der Waals surface area contributed by atoms with Crippen LogP contribution in [0, 0.1) is 20.8 Å². The molecule has 0 aliphatic rings. The largest absolute Gasteiger partial charge is 0.325 e. The molecule has 5 aromatic rings. The van der Waals surface area contributed by atoms with Crippen molar-refractivity contribution >= 4 is 34.2 Å². The van der Waals surface area contributed by atoms with E-state index in [9.17, 15) is 0 Å². The number of benzene rings is 3. The van der Waals surface area contributed by atoms with Crippen LogP contribution in [0.25, 0.3) is 22.0 Å². The van der Waals surface area contributed by atoms with E-state index in [2.05, 4.69) is 90.0 Å². The lowest BCUT2D eigenvalue weighted by molar-refractivity contribution is 0.971. The molecule has 0 aliphatic heterocycles. The first-order valence-electron chi connectivity index (χ1n) is 10.5. The van der Waals surface area contributed by atoms with E-state index in [1.54, 1.807) is 11.8 Å². The Morgan fingerprint density at radius 1 is 0.781 bits per heavy atom. The molecule has 0 saturated heterocycles. The number of hydrogen-bond donors (Lipinski definition) is 2. The zero-order chi connectivity index (χ0) is 22.1. The van der Waals surface area contributed by atoms with Crippen molar-refractivity contribution in [1.82, 2.24) is 20.2 Å². The van der Waals surface area contributed by atoms with E-state index in [4.69, 9.17) is 9.97 Å². The molecule has 158 valence electrons. The third-order valence-corrected chi connectivity index (χ3v) is 6.20. The van der Waals surface area contributed by atoms with Gasteiger partial charge in [0.25, 0.3) is 0 Å². The van der Waals surface area contributed by atoms with Gasteiger partial charge in [-0.15, -0.1) is 0 Å². The summed E-state index contributed by atoms with van der Waals surface area (Å²) in [5, 5.41) is 13.7. The average molecular weight is 438 g/mol. The van der Waals surface area contributed by atoms with E-state index < -0.39 is 0 Å². The first kappa shape index (κ1) is 20.3. The van der Waals surface area contributed by atoms with E-state index in [0.717, 1.165) is 33.5 Å². The maximum atomic E-state index is 4.93. The topological polar surface area (TPSA) is 66.5 Å². The van der Waals surface area contributed by atoms with Crippen molar-refractivity contribution in [2.75, 3.05) is 5.32 Å². The molecule has 0 fully saturated rings. The Bertz CT molecular complexity index is 1400. The van der Waals surface area contributed by atoms with Crippen LogP contribution < -0.4 is 5.32 Å². The van der Waals surface area contributed by atoms with Gasteiger partial charge in [0.2, 0.25) is 0 Å². The standard InChI is InChI=1S/C26H23N5S/c1-16-7-6-8-17(2)25(16)22-15-23(28-24-13-18(3)30-31-24)29-26(27-22)32-21-12-11-19-9-4-5-10-20(19)14-21/h4-15H,1-3H3,(H2,27,28,29,30,31). The van der Waals surface area contributed by atoms with Gasteiger partial charge in [0.15, 0.2) is 5.16 Å². The third-order valence-electron chi connectivity index (χ3n) is 5.34. The summed E-state index contributed by atoms with van der Waals surface area (Å²) in [5.41, 5.74) is 5.33. The molecule has 2 heterocycles. The van der Waals surface area contributed by atoms with Crippen LogP contribution in [-0.2, 0) is 0 Å². The van der Waals surface area contributed by atoms with Crippen molar-refractivity contribution in [3.63, 3.8) is 0 Å². The highest BCUT2D eigenvalue weighted by molar-refractivity contribution is 7.99. The number of aromatic nitrogens is 4. The fourth-order valence-corrected chi connectivity index (χ4v) is 4.66. The molecule has 0 atom stereocenters. The SMILES string of the molecule is Cc1cc(Nc2cc(-c3c(C)cccc3C)nc(Sc3ccc4ccccc4c3)n2)[nH]n1. The van der Waals surface area contributed by atoms with E-state index in [1.807, 2.05) is 19.1 Å². The van der Waals surface area contributed by atoms with Gasteiger partial charge in [-0.2, -0.15) is 5.10 Å². The maximum absolute atomic E-state index is 4.93. The minimum atomic E-state index is 0.694. The molecule has 3 aromatic carbocycles. The molecule has 2 N–H and O–H groups in total. The molecular weight excluding hydrogens is 414 g/mol. The van der Waals surface area contributed by atoms with Gasteiger partial charge < -0.3 is 5.32 Å². The molecule has 5 nitrogen and oxygen atoms in total. The molecule has 32 heavy (non-hydrogen) atoms. The van der Waals surface area contributed by atoms with Crippen LogP contribution in [0.15, 0.2) is 82.8 Å². The van der Waals surface area contributed by atoms with Gasteiger partial charge in [-0.3, -0.25) is 5.10 Å². The maximum Gasteiger partial charge on any atom is 0.194 e. The van der Waals surface area contributed by atoms with Gasteiger partial charge in [-0.25, -0.2) is 9.97 Å². The van der Waals surface area contributed by atoms with Crippen LogP contribution >= 0.6 is 11.8 Å². The summed E-state index contributed by atoms with van der Waals surface area (Å²) in [6, 6.07) is 25.1. The molecule has 0 radical (unpaired) electrons. The Morgan fingerprint density at radius 3 is 2.31 bits per heavy atom. The van der Waals surface area contributed by atoms with Crippen LogP contribution in [0.4, 0.5) is 11.6 Å². The number of anilines is 2. The van der Waals surface area contributed by atoms with Gasteiger partial charge in [-0.1, -0.05) is 48.5 Å². The van der Waals surface area contributed by atoms with Crippen molar-refractivity contribution < 1.29 is 0 Å². The number of nitrogens with zero attached hydrogens (tertiary/aromatic N) is 3. The van der Waals surface area contributed by atoms with Gasteiger partial charge in [0, 0.05) is 22.6 Å². The highest BCUT2D eigenvalue weighted by atomic mass is 32.2. The molecule has 0 spiro atoms. The number of fused-ring (bicyclic) bond motifs is 1. The second-order valence-corrected chi connectivity index (χ2v) is 8.89. The summed E-state index contributed by atoms with van der Waals surface area (Å²) in [7, 11) is 0. The molecule has 0 amide bonds. The van der Waals surface area contributed by atoms with Gasteiger partial charge in [-0.05, 0) is 66.6 Å². The number of H-pyrrole nitrogens is 1. The Labute approximate surface area is 191 Å². The van der Waals surface area contributed by atoms with Crippen LogP contribution in [0.3, 0.4) is 0 Å². The fourth-order valence-electron chi connectivity index (χ4n) is 3.84. The van der Waals surface area contributed by atoms with Crippen molar-refractivity contribution in [3.8, 4) is 11.3 Å². The van der Waals surface area contributed by atoms with Crippen molar-refractivity contribution in [3.05, 3.63) is 89.6 Å². The Balaban J connectivity index is 1.57. The highest BCUT2D eigenvalue weighted by Gasteiger charge is 2.13. The first-order valence-corrected chi connectivity index (χ1v) is 11.3. The van der Waals surface area contributed by atoms with E-state index in [0.29, 0.717) is 5.16 Å². The summed E-state index contributed by atoms with van der Waals surface area (Å²) in [6.45, 7) is 6.18. The number of aromatic amines is 1. The lowest BCUT2D eigenvalue weighted by Gasteiger charge is -2.13. The van der Waals surface area contributed by atoms with Crippen molar-refractivity contribution in [1.29, 1.82) is 0 Å². The predicted molar refractivity (Wildman–Crippen MR) is 132 cm³/mol. The number of nitrogens with one attached hydrogen (secondary N) is 2. The van der Waals surface area contributed by atoms with Crippen molar-refractivity contribution in [2.45, 2.75) is 30.8 Å². The highest BCUT2D eigenvalue weighted by Crippen LogP contribution is 2.33. The van der Waals surface area contributed by atoms with Gasteiger partial charge in [0.1, 0.15) is 11.6 Å². The predicted octanol–water partition coefficient (Wildman–Crippen LogP) is 6.84. The van der Waals surface area contributed by atoms with E-state index in [1.165, 1.54) is 21.9 Å². The normalized spacial score (nSPS) is 11.1. The minimum absolute atomic E-state index is 0.694. The fraction of sp³-hybridized carbons (Fsp3) is 0.115. The Hall–Kier alpha value is -3.64. The summed E-state index contributed by atoms with van der Waals surface area (Å²) in [5.74, 6) is 1.53. The van der Waals surface area contributed by atoms with E-state index >= 15 is 0 Å². The molecule has 0 saturated carbocycles. The number of aryl methyl sites for hydroxylation is 3. The zero-order valence-electron chi connectivity index (χ0n) is 18.2. The summed E-state index contributed by atoms with van der Waals surface area (Å²) < 4.78 is 0. The van der Waals surface area contributed by atoms with Gasteiger partial charge >= 0.3 is 0 Å². The molecule has 0 bridgehead atoms. The second kappa shape index (κ2) is 8.48. The smallest absolute Gasteiger partial charge is 0.194 e. The summed E-state index contributed by atoms with van der Waals surface area (Å²) in [6.07, 6.45) is 0. The second-order valence-electron chi connectivity index (χ2n) is 7.85. The van der Waals surface area contributed by atoms with Gasteiger partial charge in [0.05, 0.1) is 11.4 Å². The molecule has 6 heteroatoms. The number of hydrogen-bond acceptors (Lipinski definition) is 5. The van der Waals surface area contributed by atoms with E-state index in [-0.39, 0.29) is 0 Å². The number of rotatable bonds is 5. The average Bonchev–Trinajstić information content (AvgIpc) is 3.18. The minimum Gasteiger partial charge on any atom is -0.325 e. The Kier molecular flexibility index (Phi) is 5.37. The van der Waals surface area contributed by atoms with Crippen LogP contribution in [0.1, 0.15) is 16.8 Å². The molecule has 0 aliphatic carbocycles. The molecule has 5 rings (SSSR count). The molecular formula is C26H23N5S. The zero-order valence-corrected chi connectivity index (χ0v) is 19.0. The summed E-state index contributed by atoms with van der Waals surface area (Å²) in [4.78, 5) is 10.8. The summed E-state index contributed by atoms with van der Waals surface area (Å²) >= 11 is 1.56. The van der Waals surface area contributed by atoms with Crippen LogP contribution in [0.2, 0.25) is 0 Å².